The maximum Gasteiger partial charge on any atom is 0.323 e. The molecule has 0 unspecified atom stereocenters. The SMILES string of the molecule is CCOCCc1c2cc(C(C)(C)C)cc1Cc1cc(NC(=O)Nc3ccccc3)cc(c1OC)Cc1cc(C(C)(C)C)cc(c1CCOCC)Cc1cc(NC(=O)Nc3ccccc3)cc(c1OC)Cc1cc(C(C)(C)C)cc(c1CCOCC)Cc1cc(NC(=O)Nc3ccccc3)cc(c1OC)C2. The molecule has 15 heteroatoms. The van der Waals surface area contributed by atoms with E-state index in [9.17, 15) is 14.4 Å². The lowest BCUT2D eigenvalue weighted by Gasteiger charge is -2.27. The van der Waals surface area contributed by atoms with Gasteiger partial charge < -0.3 is 60.3 Å². The van der Waals surface area contributed by atoms with Crippen LogP contribution in [0.25, 0.3) is 0 Å². The van der Waals surface area contributed by atoms with Crippen molar-refractivity contribution in [3.63, 3.8) is 0 Å². The number of hydrogen-bond acceptors (Lipinski definition) is 9. The molecule has 0 aliphatic heterocycles. The normalized spacial score (nSPS) is 12.5. The fourth-order valence-electron chi connectivity index (χ4n) is 14.3. The first-order valence-electron chi connectivity index (χ1n) is 37.0. The Kier molecular flexibility index (Phi) is 26.1. The number of benzene rings is 9. The number of amides is 6. The van der Waals surface area contributed by atoms with Gasteiger partial charge in [-0.1, -0.05) is 153 Å². The lowest BCUT2D eigenvalue weighted by Crippen LogP contribution is -2.20. The van der Waals surface area contributed by atoms with Crippen LogP contribution in [0.4, 0.5) is 48.5 Å². The summed E-state index contributed by atoms with van der Waals surface area (Å²) in [6.45, 7) is 29.3. The number of para-hydroxylation sites is 3. The third kappa shape index (κ3) is 20.5. The van der Waals surface area contributed by atoms with Gasteiger partial charge in [-0.2, -0.15) is 0 Å². The third-order valence-corrected chi connectivity index (χ3v) is 19.5. The molecule has 0 aromatic heterocycles. The van der Waals surface area contributed by atoms with Gasteiger partial charge >= 0.3 is 18.1 Å². The number of carbonyl (C=O) groups is 3. The van der Waals surface area contributed by atoms with Gasteiger partial charge in [-0.05, 0) is 196 Å². The molecule has 6 N–H and O–H groups in total. The highest BCUT2D eigenvalue weighted by Gasteiger charge is 2.29. The van der Waals surface area contributed by atoms with Crippen molar-refractivity contribution in [2.24, 2.45) is 0 Å². The summed E-state index contributed by atoms with van der Waals surface area (Å²) < 4.78 is 39.2. The molecule has 105 heavy (non-hydrogen) atoms. The molecule has 9 aromatic rings. The molecule has 1 aliphatic carbocycles. The zero-order chi connectivity index (χ0) is 75.0. The van der Waals surface area contributed by atoms with Crippen molar-refractivity contribution in [2.45, 2.75) is 157 Å². The van der Waals surface area contributed by atoms with Gasteiger partial charge in [0.25, 0.3) is 0 Å². The third-order valence-electron chi connectivity index (χ3n) is 19.5. The first kappa shape index (κ1) is 77.7. The molecule has 0 saturated carbocycles. The van der Waals surface area contributed by atoms with Gasteiger partial charge in [-0.25, -0.2) is 14.4 Å². The summed E-state index contributed by atoms with van der Waals surface area (Å²) in [6.07, 6.45) is 4.30. The maximum absolute atomic E-state index is 14.4. The highest BCUT2D eigenvalue weighted by atomic mass is 16.5. The van der Waals surface area contributed by atoms with Crippen LogP contribution in [0.3, 0.4) is 0 Å². The van der Waals surface area contributed by atoms with Crippen LogP contribution in [-0.2, 0) is 88.2 Å². The van der Waals surface area contributed by atoms with Crippen LogP contribution in [0.2, 0.25) is 0 Å². The second-order valence-electron chi connectivity index (χ2n) is 30.3. The van der Waals surface area contributed by atoms with E-state index in [-0.39, 0.29) is 34.3 Å². The van der Waals surface area contributed by atoms with Crippen LogP contribution in [0.1, 0.15) is 183 Å². The van der Waals surface area contributed by atoms with Gasteiger partial charge in [0.05, 0.1) is 41.2 Å². The van der Waals surface area contributed by atoms with Gasteiger partial charge in [-0.3, -0.25) is 0 Å². The quantitative estimate of drug-likeness (QED) is 0.0382. The number of urea groups is 3. The molecule has 0 atom stereocenters. The standard InChI is InChI=1S/C90H108N6O9/c1-16-103-37-34-79-58-40-64-52-76(94-85(97)91-73-28-22-19-23-29-73)54-66(82(64)100-13)42-60-48-71(89(7,8)9)50-62(80(60)35-38-104-17-2)44-68-56-78(96-87(99)93-75-32-26-21-27-33-75)57-69(84(68)102-15)45-63-51-72(90(10,11)12)49-61(81(63)36-39-105-18-3)43-67-55-77(95-86(98)92-74-30-24-20-25-31-74)53-65(83(67)101-14)41-59(79)47-70(46-58)88(4,5)6/h19-33,46-57H,16-18,34-45H2,1-15H3,(H2,91,94,97)(H2,92,95,98)(H2,93,96,99). The van der Waals surface area contributed by atoms with Crippen molar-refractivity contribution in [3.8, 4) is 17.2 Å². The first-order chi connectivity index (χ1) is 50.3. The monoisotopic (exact) mass is 1420 g/mol. The molecule has 0 saturated heterocycles. The van der Waals surface area contributed by atoms with Crippen molar-refractivity contribution < 1.29 is 42.8 Å². The summed E-state index contributed by atoms with van der Waals surface area (Å²) in [4.78, 5) is 43.2. The van der Waals surface area contributed by atoms with E-state index in [0.29, 0.717) is 149 Å². The summed E-state index contributed by atoms with van der Waals surface area (Å²) in [5, 5.41) is 19.0. The topological polar surface area (TPSA) is 179 Å². The van der Waals surface area contributed by atoms with Crippen LogP contribution in [0.15, 0.2) is 164 Å². The molecule has 1 aliphatic rings. The summed E-state index contributed by atoms with van der Waals surface area (Å²) in [5.74, 6) is 2.10. The molecular weight excluding hydrogens is 1310 g/mol. The Morgan fingerprint density at radius 1 is 0.295 bits per heavy atom. The number of methoxy groups -OCH3 is 3. The average molecular weight is 1420 g/mol. The molecule has 12 bridgehead atoms. The number of hydrogen-bond donors (Lipinski definition) is 6. The summed E-state index contributed by atoms with van der Waals surface area (Å²) in [5.41, 5.74) is 21.3. The molecule has 0 heterocycles. The van der Waals surface area contributed by atoms with Crippen molar-refractivity contribution in [2.75, 3.05) is 92.9 Å². The van der Waals surface area contributed by atoms with E-state index >= 15 is 0 Å². The average Bonchev–Trinajstić information content (AvgIpc) is 0.776. The van der Waals surface area contributed by atoms with Crippen molar-refractivity contribution >= 4 is 52.2 Å². The predicted octanol–water partition coefficient (Wildman–Crippen LogP) is 20.1. The molecule has 0 radical (unpaired) electrons. The Labute approximate surface area is 622 Å². The van der Waals surface area contributed by atoms with Gasteiger partial charge in [0.15, 0.2) is 0 Å². The first-order valence-corrected chi connectivity index (χ1v) is 37.0. The van der Waals surface area contributed by atoms with Crippen LogP contribution in [0.5, 0.6) is 17.2 Å². The molecule has 15 nitrogen and oxygen atoms in total. The minimum atomic E-state index is -0.388. The maximum atomic E-state index is 14.4. The summed E-state index contributed by atoms with van der Waals surface area (Å²) in [6, 6.07) is 53.6. The number of fused-ring (bicyclic) bond motifs is 12. The minimum absolute atomic E-state index is 0.312. The Bertz CT molecular complexity index is 3900. The lowest BCUT2D eigenvalue weighted by atomic mass is 9.79. The number of carbonyl (C=O) groups excluding carboxylic acids is 3. The number of nitrogens with one attached hydrogen (secondary N) is 6. The lowest BCUT2D eigenvalue weighted by molar-refractivity contribution is 0.150. The molecule has 9 aromatic carbocycles. The zero-order valence-corrected chi connectivity index (χ0v) is 64.4. The van der Waals surface area contributed by atoms with E-state index in [0.717, 1.165) is 100 Å². The van der Waals surface area contributed by atoms with E-state index in [1.165, 1.54) is 0 Å². The highest BCUT2D eigenvalue weighted by molar-refractivity contribution is 6.01. The second-order valence-corrected chi connectivity index (χ2v) is 30.3. The smallest absolute Gasteiger partial charge is 0.323 e. The van der Waals surface area contributed by atoms with Gasteiger partial charge in [0.2, 0.25) is 0 Å². The number of anilines is 6. The van der Waals surface area contributed by atoms with Gasteiger partial charge in [0, 0.05) is 126 Å². The van der Waals surface area contributed by atoms with E-state index in [1.807, 2.05) is 112 Å². The largest absolute Gasteiger partial charge is 0.496 e. The Balaban J connectivity index is 1.31. The van der Waals surface area contributed by atoms with Crippen LogP contribution < -0.4 is 46.1 Å². The Morgan fingerprint density at radius 3 is 0.676 bits per heavy atom. The molecule has 0 spiro atoms. The van der Waals surface area contributed by atoms with Crippen LogP contribution in [-0.4, -0.2) is 79.1 Å². The van der Waals surface area contributed by atoms with Gasteiger partial charge in [-0.15, -0.1) is 0 Å². The highest BCUT2D eigenvalue weighted by Crippen LogP contribution is 2.43. The van der Waals surface area contributed by atoms with Crippen molar-refractivity contribution in [1.29, 1.82) is 0 Å². The Morgan fingerprint density at radius 2 is 0.495 bits per heavy atom. The van der Waals surface area contributed by atoms with E-state index in [2.05, 4.69) is 167 Å². The number of rotatable bonds is 21. The van der Waals surface area contributed by atoms with Gasteiger partial charge in [0.1, 0.15) is 17.2 Å². The Hall–Kier alpha value is -9.93. The van der Waals surface area contributed by atoms with Crippen molar-refractivity contribution in [3.05, 3.63) is 264 Å². The summed E-state index contributed by atoms with van der Waals surface area (Å²) in [7, 11) is 5.22. The molecular formula is C90H108N6O9. The van der Waals surface area contributed by atoms with E-state index in [1.54, 1.807) is 21.3 Å². The summed E-state index contributed by atoms with van der Waals surface area (Å²) >= 11 is 0. The molecule has 6 amide bonds. The van der Waals surface area contributed by atoms with E-state index < -0.39 is 0 Å². The molecule has 552 valence electrons. The van der Waals surface area contributed by atoms with Crippen LogP contribution in [0, 0.1) is 0 Å². The van der Waals surface area contributed by atoms with Crippen LogP contribution >= 0.6 is 0 Å². The molecule has 10 rings (SSSR count). The van der Waals surface area contributed by atoms with Crippen molar-refractivity contribution in [1.82, 2.24) is 0 Å². The second kappa shape index (κ2) is 35.2. The zero-order valence-electron chi connectivity index (χ0n) is 64.4. The fourth-order valence-corrected chi connectivity index (χ4v) is 14.3. The van der Waals surface area contributed by atoms with E-state index in [4.69, 9.17) is 28.4 Å². The minimum Gasteiger partial charge on any atom is -0.496 e. The molecule has 0 fully saturated rings. The fraction of sp³-hybridized carbons (Fsp3) is 0.367. The predicted molar refractivity (Wildman–Crippen MR) is 429 cm³/mol. The number of ether oxygens (including phenoxy) is 6.